The molecule has 1 fully saturated rings. The Bertz CT molecular complexity index is 532. The van der Waals surface area contributed by atoms with Crippen molar-refractivity contribution in [3.05, 3.63) is 34.8 Å². The van der Waals surface area contributed by atoms with Crippen LogP contribution in [0.25, 0.3) is 0 Å². The van der Waals surface area contributed by atoms with Gasteiger partial charge in [-0.15, -0.1) is 11.3 Å². The van der Waals surface area contributed by atoms with Crippen LogP contribution >= 0.6 is 11.3 Å². The van der Waals surface area contributed by atoms with Gasteiger partial charge in [-0.05, 0) is 33.2 Å². The van der Waals surface area contributed by atoms with Gasteiger partial charge >= 0.3 is 0 Å². The number of thiazole rings is 1. The summed E-state index contributed by atoms with van der Waals surface area (Å²) in [5.74, 6) is 1.81. The first-order valence-electron chi connectivity index (χ1n) is 7.36. The van der Waals surface area contributed by atoms with Crippen LogP contribution in [0.5, 0.6) is 0 Å². The monoisotopic (exact) mass is 290 g/mol. The first kappa shape index (κ1) is 13.8. The molecule has 0 saturated carbocycles. The Balaban J connectivity index is 1.70. The molecule has 108 valence electrons. The standard InChI is InChI=1S/C15H22N4S/c1-12(2)19-7-5-16-15(19)13-4-3-6-18(8-13)9-14-10-20-11-17-14/h5,7,10-13H,3-4,6,8-9H2,1-2H3/t13-/m1/s1. The van der Waals surface area contributed by atoms with Crippen LogP contribution in [0, 0.1) is 0 Å². The van der Waals surface area contributed by atoms with Crippen LogP contribution in [-0.2, 0) is 6.54 Å². The molecule has 0 aromatic carbocycles. The van der Waals surface area contributed by atoms with Crippen molar-refractivity contribution in [1.82, 2.24) is 19.4 Å². The van der Waals surface area contributed by atoms with Crippen molar-refractivity contribution >= 4 is 11.3 Å². The summed E-state index contributed by atoms with van der Waals surface area (Å²) in [7, 11) is 0. The molecule has 1 aliphatic heterocycles. The van der Waals surface area contributed by atoms with Crippen LogP contribution in [0.2, 0.25) is 0 Å². The quantitative estimate of drug-likeness (QED) is 0.866. The third-order valence-corrected chi connectivity index (χ3v) is 4.63. The fourth-order valence-electron chi connectivity index (χ4n) is 3.03. The van der Waals surface area contributed by atoms with E-state index in [1.165, 1.54) is 30.9 Å². The number of nitrogens with zero attached hydrogens (tertiary/aromatic N) is 4. The van der Waals surface area contributed by atoms with Gasteiger partial charge in [0.25, 0.3) is 0 Å². The van der Waals surface area contributed by atoms with E-state index in [0.29, 0.717) is 12.0 Å². The van der Waals surface area contributed by atoms with Crippen molar-refractivity contribution in [1.29, 1.82) is 0 Å². The third kappa shape index (κ3) is 2.94. The van der Waals surface area contributed by atoms with E-state index in [2.05, 4.69) is 44.9 Å². The van der Waals surface area contributed by atoms with Crippen molar-refractivity contribution in [3.8, 4) is 0 Å². The molecule has 2 aromatic rings. The number of hydrogen-bond acceptors (Lipinski definition) is 4. The lowest BCUT2D eigenvalue weighted by molar-refractivity contribution is 0.192. The molecule has 3 heterocycles. The van der Waals surface area contributed by atoms with Gasteiger partial charge in [0.1, 0.15) is 5.82 Å². The molecule has 20 heavy (non-hydrogen) atoms. The van der Waals surface area contributed by atoms with Crippen molar-refractivity contribution in [3.63, 3.8) is 0 Å². The smallest absolute Gasteiger partial charge is 0.113 e. The minimum atomic E-state index is 0.487. The zero-order valence-electron chi connectivity index (χ0n) is 12.2. The third-order valence-electron chi connectivity index (χ3n) is 3.99. The van der Waals surface area contributed by atoms with Gasteiger partial charge in [-0.1, -0.05) is 0 Å². The van der Waals surface area contributed by atoms with Crippen molar-refractivity contribution in [2.24, 2.45) is 0 Å². The normalized spacial score (nSPS) is 20.6. The molecule has 0 spiro atoms. The minimum Gasteiger partial charge on any atom is -0.332 e. The molecule has 0 unspecified atom stereocenters. The van der Waals surface area contributed by atoms with Crippen LogP contribution in [0.15, 0.2) is 23.3 Å². The number of aromatic nitrogens is 3. The summed E-state index contributed by atoms with van der Waals surface area (Å²) in [6.45, 7) is 7.70. The second-order valence-electron chi connectivity index (χ2n) is 5.84. The number of hydrogen-bond donors (Lipinski definition) is 0. The average Bonchev–Trinajstić information content (AvgIpc) is 3.09. The summed E-state index contributed by atoms with van der Waals surface area (Å²) in [6.07, 6.45) is 6.55. The average molecular weight is 290 g/mol. The maximum absolute atomic E-state index is 4.62. The van der Waals surface area contributed by atoms with E-state index < -0.39 is 0 Å². The fraction of sp³-hybridized carbons (Fsp3) is 0.600. The maximum Gasteiger partial charge on any atom is 0.113 e. The molecule has 1 aliphatic rings. The minimum absolute atomic E-state index is 0.487. The number of likely N-dealkylation sites (tertiary alicyclic amines) is 1. The van der Waals surface area contributed by atoms with Crippen LogP contribution in [-0.4, -0.2) is 32.5 Å². The highest BCUT2D eigenvalue weighted by atomic mass is 32.1. The van der Waals surface area contributed by atoms with Gasteiger partial charge in [0.05, 0.1) is 11.2 Å². The molecule has 2 aromatic heterocycles. The van der Waals surface area contributed by atoms with Gasteiger partial charge in [-0.2, -0.15) is 0 Å². The van der Waals surface area contributed by atoms with Crippen LogP contribution in [0.1, 0.15) is 50.2 Å². The molecule has 0 radical (unpaired) electrons. The molecule has 0 N–H and O–H groups in total. The first-order valence-corrected chi connectivity index (χ1v) is 8.30. The Morgan fingerprint density at radius 3 is 3.05 bits per heavy atom. The maximum atomic E-state index is 4.62. The Morgan fingerprint density at radius 1 is 1.40 bits per heavy atom. The van der Waals surface area contributed by atoms with Crippen molar-refractivity contribution in [2.45, 2.75) is 45.2 Å². The summed E-state index contributed by atoms with van der Waals surface area (Å²) < 4.78 is 2.32. The topological polar surface area (TPSA) is 34.0 Å². The molecule has 1 atom stereocenters. The lowest BCUT2D eigenvalue weighted by atomic mass is 9.96. The summed E-state index contributed by atoms with van der Waals surface area (Å²) in [5.41, 5.74) is 3.12. The molecule has 3 rings (SSSR count). The predicted octanol–water partition coefficient (Wildman–Crippen LogP) is 3.30. The molecule has 1 saturated heterocycles. The second kappa shape index (κ2) is 6.06. The first-order chi connectivity index (χ1) is 9.74. The lowest BCUT2D eigenvalue weighted by Crippen LogP contribution is -2.35. The fourth-order valence-corrected chi connectivity index (χ4v) is 3.58. The predicted molar refractivity (Wildman–Crippen MR) is 82.0 cm³/mol. The van der Waals surface area contributed by atoms with E-state index in [1.54, 1.807) is 11.3 Å². The van der Waals surface area contributed by atoms with Gasteiger partial charge < -0.3 is 4.57 Å². The summed E-state index contributed by atoms with van der Waals surface area (Å²) >= 11 is 1.68. The Morgan fingerprint density at radius 2 is 2.30 bits per heavy atom. The molecular weight excluding hydrogens is 268 g/mol. The summed E-state index contributed by atoms with van der Waals surface area (Å²) in [6, 6.07) is 0.487. The van der Waals surface area contributed by atoms with Gasteiger partial charge in [-0.3, -0.25) is 4.90 Å². The molecule has 5 heteroatoms. The highest BCUT2D eigenvalue weighted by molar-refractivity contribution is 7.07. The molecular formula is C15H22N4S. The van der Waals surface area contributed by atoms with Crippen LogP contribution in [0.4, 0.5) is 0 Å². The molecule has 0 aliphatic carbocycles. The van der Waals surface area contributed by atoms with E-state index in [4.69, 9.17) is 0 Å². The van der Waals surface area contributed by atoms with Crippen LogP contribution < -0.4 is 0 Å². The zero-order chi connectivity index (χ0) is 13.9. The van der Waals surface area contributed by atoms with E-state index in [9.17, 15) is 0 Å². The Hall–Kier alpha value is -1.20. The Labute approximate surface area is 124 Å². The highest BCUT2D eigenvalue weighted by Crippen LogP contribution is 2.28. The SMILES string of the molecule is CC(C)n1ccnc1[C@@H]1CCCN(Cc2cscn2)C1. The van der Waals surface area contributed by atoms with E-state index in [0.717, 1.165) is 13.1 Å². The highest BCUT2D eigenvalue weighted by Gasteiger charge is 2.25. The second-order valence-corrected chi connectivity index (χ2v) is 6.56. The number of imidazole rings is 1. The molecule has 4 nitrogen and oxygen atoms in total. The van der Waals surface area contributed by atoms with E-state index in [-0.39, 0.29) is 0 Å². The van der Waals surface area contributed by atoms with Crippen molar-refractivity contribution in [2.75, 3.05) is 13.1 Å². The van der Waals surface area contributed by atoms with Gasteiger partial charge in [-0.25, -0.2) is 9.97 Å². The summed E-state index contributed by atoms with van der Waals surface area (Å²) in [4.78, 5) is 11.5. The lowest BCUT2D eigenvalue weighted by Gasteiger charge is -2.32. The van der Waals surface area contributed by atoms with Gasteiger partial charge in [0.2, 0.25) is 0 Å². The Kier molecular flexibility index (Phi) is 4.17. The van der Waals surface area contributed by atoms with E-state index >= 15 is 0 Å². The molecule has 0 amide bonds. The largest absolute Gasteiger partial charge is 0.332 e. The number of rotatable bonds is 4. The van der Waals surface area contributed by atoms with Crippen molar-refractivity contribution < 1.29 is 0 Å². The van der Waals surface area contributed by atoms with E-state index in [1.807, 2.05) is 11.7 Å². The van der Waals surface area contributed by atoms with Gasteiger partial charge in [0, 0.05) is 42.8 Å². The van der Waals surface area contributed by atoms with Crippen LogP contribution in [0.3, 0.4) is 0 Å². The molecule has 0 bridgehead atoms. The van der Waals surface area contributed by atoms with Gasteiger partial charge in [0.15, 0.2) is 0 Å². The number of piperidine rings is 1. The summed E-state index contributed by atoms with van der Waals surface area (Å²) in [5, 5.41) is 2.15. The zero-order valence-corrected chi connectivity index (χ0v) is 13.0.